The maximum Gasteiger partial charge on any atom is 0.304 e. The Bertz CT molecular complexity index is 984. The van der Waals surface area contributed by atoms with E-state index >= 15 is 0 Å². The van der Waals surface area contributed by atoms with E-state index in [1.807, 2.05) is 43.3 Å². The first-order valence-electron chi connectivity index (χ1n) is 10.5. The average Bonchev–Trinajstić information content (AvgIpc) is 2.76. The van der Waals surface area contributed by atoms with Gasteiger partial charge in [0.25, 0.3) is 0 Å². The Balaban J connectivity index is 1.64. The van der Waals surface area contributed by atoms with Gasteiger partial charge in [-0.1, -0.05) is 18.2 Å². The highest BCUT2D eigenvalue weighted by Gasteiger charge is 2.48. The van der Waals surface area contributed by atoms with E-state index in [2.05, 4.69) is 4.90 Å². The molecular weight excluding hydrogens is 398 g/mol. The smallest absolute Gasteiger partial charge is 0.304 e. The lowest BCUT2D eigenvalue weighted by Crippen LogP contribution is -2.53. The molecule has 1 saturated heterocycles. The van der Waals surface area contributed by atoms with Crippen molar-refractivity contribution in [3.8, 4) is 11.5 Å². The van der Waals surface area contributed by atoms with E-state index in [4.69, 9.17) is 14.2 Å². The zero-order chi connectivity index (χ0) is 22.0. The van der Waals surface area contributed by atoms with Crippen molar-refractivity contribution in [1.82, 2.24) is 0 Å². The van der Waals surface area contributed by atoms with E-state index in [-0.39, 0.29) is 18.8 Å². The number of hydrogen-bond acceptors (Lipinski definition) is 6. The third-order valence-corrected chi connectivity index (χ3v) is 5.99. The van der Waals surface area contributed by atoms with Gasteiger partial charge in [-0.15, -0.1) is 0 Å². The van der Waals surface area contributed by atoms with Crippen molar-refractivity contribution in [2.75, 3.05) is 37.8 Å². The van der Waals surface area contributed by atoms with Gasteiger partial charge in [0, 0.05) is 24.8 Å². The van der Waals surface area contributed by atoms with Crippen molar-refractivity contribution in [2.45, 2.75) is 25.9 Å². The fourth-order valence-electron chi connectivity index (χ4n) is 4.16. The molecule has 1 N–H and O–H groups in total. The third-order valence-electron chi connectivity index (χ3n) is 5.99. The summed E-state index contributed by atoms with van der Waals surface area (Å²) in [6, 6.07) is 13.1. The molecule has 2 aliphatic rings. The number of aryl methyl sites for hydroxylation is 1. The van der Waals surface area contributed by atoms with Crippen molar-refractivity contribution >= 4 is 17.4 Å². The van der Waals surface area contributed by atoms with Gasteiger partial charge >= 0.3 is 5.97 Å². The Morgan fingerprint density at radius 3 is 2.68 bits per heavy atom. The zero-order valence-electron chi connectivity index (χ0n) is 17.8. The molecule has 164 valence electrons. The van der Waals surface area contributed by atoms with E-state index in [0.29, 0.717) is 30.3 Å². The second kappa shape index (κ2) is 8.59. The van der Waals surface area contributed by atoms with Crippen LogP contribution in [0.2, 0.25) is 0 Å². The minimum atomic E-state index is -1.12. The Labute approximate surface area is 181 Å². The second-order valence-electron chi connectivity index (χ2n) is 8.26. The molecule has 2 unspecified atom stereocenters. The van der Waals surface area contributed by atoms with Gasteiger partial charge in [-0.25, -0.2) is 0 Å². The molecule has 0 radical (unpaired) electrons. The summed E-state index contributed by atoms with van der Waals surface area (Å²) in [6.07, 6.45) is -0.322. The van der Waals surface area contributed by atoms with Gasteiger partial charge in [-0.2, -0.15) is 0 Å². The highest BCUT2D eigenvalue weighted by Crippen LogP contribution is 2.41. The normalized spacial score (nSPS) is 23.1. The number of carbonyl (C=O) groups is 2. The monoisotopic (exact) mass is 425 g/mol. The standard InChI is InChI=1S/C24H27NO6/c1-16-5-3-4-6-20(16)30-15-24(2)19(14-22(26)27)23(28)18-8-7-17(13-21(18)31-24)25-9-11-29-12-10-25/h3-8,13,19H,9-12,14-15H2,1-2H3,(H,26,27). The summed E-state index contributed by atoms with van der Waals surface area (Å²) in [7, 11) is 0. The number of para-hydroxylation sites is 1. The molecule has 2 heterocycles. The number of fused-ring (bicyclic) bond motifs is 1. The number of nitrogens with zero attached hydrogens (tertiary/aromatic N) is 1. The average molecular weight is 425 g/mol. The summed E-state index contributed by atoms with van der Waals surface area (Å²) in [4.78, 5) is 27.0. The van der Waals surface area contributed by atoms with Crippen molar-refractivity contribution in [3.63, 3.8) is 0 Å². The molecule has 31 heavy (non-hydrogen) atoms. The van der Waals surface area contributed by atoms with Gasteiger partial charge in [0.2, 0.25) is 0 Å². The van der Waals surface area contributed by atoms with Crippen LogP contribution in [0.15, 0.2) is 42.5 Å². The predicted octanol–water partition coefficient (Wildman–Crippen LogP) is 3.34. The number of carbonyl (C=O) groups excluding carboxylic acids is 1. The zero-order valence-corrected chi connectivity index (χ0v) is 17.8. The van der Waals surface area contributed by atoms with Crippen molar-refractivity contribution in [2.24, 2.45) is 5.92 Å². The Morgan fingerprint density at radius 2 is 1.97 bits per heavy atom. The molecule has 0 aromatic heterocycles. The van der Waals surface area contributed by atoms with Crippen molar-refractivity contribution in [1.29, 1.82) is 0 Å². The highest BCUT2D eigenvalue weighted by molar-refractivity contribution is 6.03. The fraction of sp³-hybridized carbons (Fsp3) is 0.417. The first kappa shape index (κ1) is 21.2. The molecule has 0 amide bonds. The number of hydrogen-bond donors (Lipinski definition) is 1. The number of carboxylic acids is 1. The van der Waals surface area contributed by atoms with Gasteiger partial charge in [-0.05, 0) is 37.6 Å². The molecule has 0 aliphatic carbocycles. The summed E-state index contributed by atoms with van der Waals surface area (Å²) in [5.74, 6) is -0.977. The molecule has 2 atom stereocenters. The topological polar surface area (TPSA) is 85.3 Å². The van der Waals surface area contributed by atoms with E-state index in [1.54, 1.807) is 13.0 Å². The van der Waals surface area contributed by atoms with E-state index < -0.39 is 17.5 Å². The summed E-state index contributed by atoms with van der Waals surface area (Å²) in [5, 5.41) is 9.44. The summed E-state index contributed by atoms with van der Waals surface area (Å²) >= 11 is 0. The van der Waals surface area contributed by atoms with Crippen LogP contribution in [0.25, 0.3) is 0 Å². The minimum absolute atomic E-state index is 0.0583. The number of ether oxygens (including phenoxy) is 3. The third kappa shape index (κ3) is 4.37. The molecule has 2 aromatic rings. The lowest BCUT2D eigenvalue weighted by atomic mass is 9.78. The number of morpholine rings is 1. The van der Waals surface area contributed by atoms with Crippen LogP contribution < -0.4 is 14.4 Å². The number of benzene rings is 2. The molecule has 0 saturated carbocycles. The largest absolute Gasteiger partial charge is 0.489 e. The molecule has 0 bridgehead atoms. The first-order valence-corrected chi connectivity index (χ1v) is 10.5. The quantitative estimate of drug-likeness (QED) is 0.760. The Morgan fingerprint density at radius 1 is 1.23 bits per heavy atom. The fourth-order valence-corrected chi connectivity index (χ4v) is 4.16. The number of aliphatic carboxylic acids is 1. The number of carboxylic acid groups (broad SMARTS) is 1. The maximum atomic E-state index is 13.3. The molecule has 2 aromatic carbocycles. The van der Waals surface area contributed by atoms with Crippen LogP contribution in [-0.2, 0) is 9.53 Å². The molecule has 2 aliphatic heterocycles. The highest BCUT2D eigenvalue weighted by atomic mass is 16.5. The number of Topliss-reactive ketones (excluding diaryl/α,β-unsaturated/α-hetero) is 1. The Kier molecular flexibility index (Phi) is 5.87. The maximum absolute atomic E-state index is 13.3. The molecule has 4 rings (SSSR count). The molecule has 7 heteroatoms. The molecule has 0 spiro atoms. The number of rotatable bonds is 6. The van der Waals surface area contributed by atoms with Crippen LogP contribution in [-0.4, -0.2) is 55.4 Å². The summed E-state index contributed by atoms with van der Waals surface area (Å²) in [6.45, 7) is 6.58. The van der Waals surface area contributed by atoms with Gasteiger partial charge in [0.1, 0.15) is 18.1 Å². The van der Waals surface area contributed by atoms with Crippen LogP contribution in [0.5, 0.6) is 11.5 Å². The van der Waals surface area contributed by atoms with Crippen molar-refractivity contribution < 1.29 is 28.9 Å². The minimum Gasteiger partial charge on any atom is -0.489 e. The second-order valence-corrected chi connectivity index (χ2v) is 8.26. The van der Waals surface area contributed by atoms with Gasteiger partial charge < -0.3 is 24.2 Å². The Hall–Kier alpha value is -3.06. The summed E-state index contributed by atoms with van der Waals surface area (Å²) in [5.41, 5.74) is 1.21. The first-order chi connectivity index (χ1) is 14.9. The molecule has 1 fully saturated rings. The van der Waals surface area contributed by atoms with Crippen LogP contribution >= 0.6 is 0 Å². The van der Waals surface area contributed by atoms with E-state index in [9.17, 15) is 14.7 Å². The van der Waals surface area contributed by atoms with E-state index in [0.717, 1.165) is 24.3 Å². The predicted molar refractivity (Wildman–Crippen MR) is 115 cm³/mol. The van der Waals surface area contributed by atoms with Gasteiger partial charge in [0.15, 0.2) is 11.4 Å². The van der Waals surface area contributed by atoms with Crippen LogP contribution in [0.1, 0.15) is 29.3 Å². The van der Waals surface area contributed by atoms with Crippen molar-refractivity contribution in [3.05, 3.63) is 53.6 Å². The summed E-state index contributed by atoms with van der Waals surface area (Å²) < 4.78 is 17.8. The van der Waals surface area contributed by atoms with Crippen LogP contribution in [0.3, 0.4) is 0 Å². The van der Waals surface area contributed by atoms with Crippen LogP contribution in [0, 0.1) is 12.8 Å². The lowest BCUT2D eigenvalue weighted by Gasteiger charge is -2.41. The SMILES string of the molecule is Cc1ccccc1OCC1(C)Oc2cc(N3CCOCC3)ccc2C(=O)C1CC(=O)O. The van der Waals surface area contributed by atoms with Gasteiger partial charge in [-0.3, -0.25) is 9.59 Å². The molecular formula is C24H27NO6. The molecule has 7 nitrogen and oxygen atoms in total. The van der Waals surface area contributed by atoms with Crippen LogP contribution in [0.4, 0.5) is 5.69 Å². The van der Waals surface area contributed by atoms with E-state index in [1.165, 1.54) is 0 Å². The number of anilines is 1. The number of ketones is 1. The lowest BCUT2D eigenvalue weighted by molar-refractivity contribution is -0.140. The van der Waals surface area contributed by atoms with Gasteiger partial charge in [0.05, 0.1) is 31.1 Å².